The van der Waals surface area contributed by atoms with Crippen LogP contribution in [0.15, 0.2) is 42.5 Å². The van der Waals surface area contributed by atoms with Crippen LogP contribution in [0.4, 0.5) is 0 Å². The first kappa shape index (κ1) is 16.8. The van der Waals surface area contributed by atoms with Crippen LogP contribution in [0.1, 0.15) is 54.0 Å². The second kappa shape index (κ2) is 7.60. The molecule has 0 saturated carbocycles. The van der Waals surface area contributed by atoms with Crippen molar-refractivity contribution in [3.05, 3.63) is 70.3 Å². The van der Waals surface area contributed by atoms with Crippen molar-refractivity contribution in [2.24, 2.45) is 0 Å². The summed E-state index contributed by atoms with van der Waals surface area (Å²) in [5.74, 6) is 0.465. The molecule has 118 valence electrons. The summed E-state index contributed by atoms with van der Waals surface area (Å²) in [6.07, 6.45) is 1.13. The van der Waals surface area contributed by atoms with Gasteiger partial charge in [-0.3, -0.25) is 0 Å². The van der Waals surface area contributed by atoms with E-state index >= 15 is 0 Å². The minimum atomic E-state index is 0.465. The molecule has 0 heterocycles. The lowest BCUT2D eigenvalue weighted by atomic mass is 9.85. The number of nitrogens with one attached hydrogen (secondary N) is 1. The molecule has 2 rings (SSSR count). The van der Waals surface area contributed by atoms with Crippen molar-refractivity contribution in [1.29, 1.82) is 0 Å². The molecule has 1 unspecified atom stereocenters. The summed E-state index contributed by atoms with van der Waals surface area (Å²) in [5.41, 5.74) is 6.94. The highest BCUT2D eigenvalue weighted by Crippen LogP contribution is 2.31. The second-order valence-corrected chi connectivity index (χ2v) is 6.72. The lowest BCUT2D eigenvalue weighted by Crippen LogP contribution is -2.25. The Hall–Kier alpha value is -1.60. The zero-order valence-electron chi connectivity index (χ0n) is 14.6. The predicted molar refractivity (Wildman–Crippen MR) is 96.7 cm³/mol. The van der Waals surface area contributed by atoms with Crippen molar-refractivity contribution in [1.82, 2.24) is 5.32 Å². The van der Waals surface area contributed by atoms with Crippen molar-refractivity contribution in [2.75, 3.05) is 6.54 Å². The monoisotopic (exact) mass is 295 g/mol. The van der Waals surface area contributed by atoms with E-state index in [1.54, 1.807) is 0 Å². The zero-order chi connectivity index (χ0) is 16.1. The largest absolute Gasteiger partial charge is 0.314 e. The molecule has 2 aromatic carbocycles. The first-order chi connectivity index (χ1) is 10.5. The molecule has 0 aromatic heterocycles. The Balaban J connectivity index is 2.32. The molecule has 0 spiro atoms. The Kier molecular flexibility index (Phi) is 5.79. The van der Waals surface area contributed by atoms with Crippen LogP contribution >= 0.6 is 0 Å². The molecule has 0 amide bonds. The van der Waals surface area contributed by atoms with E-state index in [1.807, 2.05) is 0 Å². The van der Waals surface area contributed by atoms with Crippen LogP contribution in [0.5, 0.6) is 0 Å². The van der Waals surface area contributed by atoms with E-state index < -0.39 is 0 Å². The van der Waals surface area contributed by atoms with Crippen LogP contribution in [-0.2, 0) is 0 Å². The smallest absolute Gasteiger partial charge is 0.0104 e. The molecule has 0 saturated heterocycles. The molecule has 0 fully saturated rings. The molecule has 0 bridgehead atoms. The molecule has 2 aromatic rings. The highest BCUT2D eigenvalue weighted by Gasteiger charge is 2.16. The fraction of sp³-hybridized carbons (Fsp3) is 0.429. The van der Waals surface area contributed by atoms with E-state index in [0.717, 1.165) is 13.0 Å². The SMILES string of the molecule is Cc1ccc(C(CCNC(C)C)c2cc(C)ccc2C)cc1. The van der Waals surface area contributed by atoms with Gasteiger partial charge in [-0.1, -0.05) is 67.4 Å². The number of rotatable bonds is 6. The van der Waals surface area contributed by atoms with E-state index in [2.05, 4.69) is 82.4 Å². The highest BCUT2D eigenvalue weighted by molar-refractivity contribution is 5.40. The van der Waals surface area contributed by atoms with Crippen LogP contribution in [0, 0.1) is 20.8 Å². The van der Waals surface area contributed by atoms with Gasteiger partial charge >= 0.3 is 0 Å². The summed E-state index contributed by atoms with van der Waals surface area (Å²) in [6.45, 7) is 12.0. The average molecular weight is 295 g/mol. The zero-order valence-corrected chi connectivity index (χ0v) is 14.6. The lowest BCUT2D eigenvalue weighted by Gasteiger charge is -2.22. The van der Waals surface area contributed by atoms with Crippen LogP contribution in [0.25, 0.3) is 0 Å². The Morgan fingerprint density at radius 3 is 2.14 bits per heavy atom. The minimum absolute atomic E-state index is 0.465. The Bertz CT molecular complexity index is 596. The van der Waals surface area contributed by atoms with Crippen molar-refractivity contribution < 1.29 is 0 Å². The Morgan fingerprint density at radius 2 is 1.50 bits per heavy atom. The summed E-state index contributed by atoms with van der Waals surface area (Å²) < 4.78 is 0. The predicted octanol–water partition coefficient (Wildman–Crippen LogP) is 5.13. The van der Waals surface area contributed by atoms with Crippen LogP contribution < -0.4 is 5.32 Å². The fourth-order valence-electron chi connectivity index (χ4n) is 2.95. The third kappa shape index (κ3) is 4.45. The normalized spacial score (nSPS) is 12.6. The molecule has 1 nitrogen and oxygen atoms in total. The minimum Gasteiger partial charge on any atom is -0.314 e. The van der Waals surface area contributed by atoms with Crippen LogP contribution in [-0.4, -0.2) is 12.6 Å². The van der Waals surface area contributed by atoms with E-state index in [4.69, 9.17) is 0 Å². The number of hydrogen-bond donors (Lipinski definition) is 1. The Labute approximate surface area is 135 Å². The van der Waals surface area contributed by atoms with Crippen molar-refractivity contribution in [2.45, 2.75) is 53.0 Å². The molecule has 0 aliphatic carbocycles. The van der Waals surface area contributed by atoms with Gasteiger partial charge in [-0.2, -0.15) is 0 Å². The van der Waals surface area contributed by atoms with Crippen molar-refractivity contribution in [3.63, 3.8) is 0 Å². The van der Waals surface area contributed by atoms with Gasteiger partial charge in [0.2, 0.25) is 0 Å². The highest BCUT2D eigenvalue weighted by atomic mass is 14.9. The number of hydrogen-bond acceptors (Lipinski definition) is 1. The summed E-state index contributed by atoms with van der Waals surface area (Å²) in [7, 11) is 0. The first-order valence-electron chi connectivity index (χ1n) is 8.34. The maximum atomic E-state index is 3.56. The number of aryl methyl sites for hydroxylation is 3. The standard InChI is InChI=1S/C21H29N/c1-15(2)22-13-12-20(19-10-7-16(3)8-11-19)21-14-17(4)6-9-18(21)5/h6-11,14-15,20,22H,12-13H2,1-5H3. The third-order valence-electron chi connectivity index (χ3n) is 4.28. The van der Waals surface area contributed by atoms with Gasteiger partial charge in [-0.05, 0) is 50.4 Å². The van der Waals surface area contributed by atoms with Crippen molar-refractivity contribution >= 4 is 0 Å². The van der Waals surface area contributed by atoms with E-state index in [0.29, 0.717) is 12.0 Å². The Morgan fingerprint density at radius 1 is 0.864 bits per heavy atom. The van der Waals surface area contributed by atoms with Crippen LogP contribution in [0.2, 0.25) is 0 Å². The molecule has 0 radical (unpaired) electrons. The maximum absolute atomic E-state index is 3.56. The third-order valence-corrected chi connectivity index (χ3v) is 4.28. The van der Waals surface area contributed by atoms with E-state index in [-0.39, 0.29) is 0 Å². The average Bonchev–Trinajstić information content (AvgIpc) is 2.47. The van der Waals surface area contributed by atoms with Gasteiger partial charge in [0.25, 0.3) is 0 Å². The fourth-order valence-corrected chi connectivity index (χ4v) is 2.95. The van der Waals surface area contributed by atoms with Gasteiger partial charge in [-0.15, -0.1) is 0 Å². The molecule has 22 heavy (non-hydrogen) atoms. The molecule has 1 N–H and O–H groups in total. The second-order valence-electron chi connectivity index (χ2n) is 6.72. The summed E-state index contributed by atoms with van der Waals surface area (Å²) in [5, 5.41) is 3.56. The van der Waals surface area contributed by atoms with Gasteiger partial charge in [0.1, 0.15) is 0 Å². The van der Waals surface area contributed by atoms with E-state index in [1.165, 1.54) is 27.8 Å². The number of benzene rings is 2. The maximum Gasteiger partial charge on any atom is 0.0104 e. The molecule has 0 aliphatic rings. The topological polar surface area (TPSA) is 12.0 Å². The molecular weight excluding hydrogens is 266 g/mol. The molecule has 1 atom stereocenters. The molecule has 1 heteroatoms. The lowest BCUT2D eigenvalue weighted by molar-refractivity contribution is 0.550. The summed E-state index contributed by atoms with van der Waals surface area (Å²) in [6, 6.07) is 16.4. The van der Waals surface area contributed by atoms with Gasteiger partial charge in [-0.25, -0.2) is 0 Å². The van der Waals surface area contributed by atoms with Gasteiger partial charge in [0.15, 0.2) is 0 Å². The summed E-state index contributed by atoms with van der Waals surface area (Å²) >= 11 is 0. The van der Waals surface area contributed by atoms with Gasteiger partial charge in [0, 0.05) is 12.0 Å². The molecular formula is C21H29N. The van der Waals surface area contributed by atoms with Gasteiger partial charge < -0.3 is 5.32 Å². The quantitative estimate of drug-likeness (QED) is 0.779. The van der Waals surface area contributed by atoms with E-state index in [9.17, 15) is 0 Å². The molecule has 0 aliphatic heterocycles. The van der Waals surface area contributed by atoms with Crippen LogP contribution in [0.3, 0.4) is 0 Å². The summed E-state index contributed by atoms with van der Waals surface area (Å²) in [4.78, 5) is 0. The first-order valence-corrected chi connectivity index (χ1v) is 8.34. The van der Waals surface area contributed by atoms with Crippen molar-refractivity contribution in [3.8, 4) is 0 Å². The van der Waals surface area contributed by atoms with Gasteiger partial charge in [0.05, 0.1) is 0 Å².